The monoisotopic (exact) mass is 380 g/mol. The summed E-state index contributed by atoms with van der Waals surface area (Å²) < 4.78 is 36.4. The highest BCUT2D eigenvalue weighted by Gasteiger charge is 2.14. The van der Waals surface area contributed by atoms with Crippen LogP contribution in [0.1, 0.15) is 23.7 Å². The number of nitrogens with zero attached hydrogens (tertiary/aromatic N) is 1. The van der Waals surface area contributed by atoms with Crippen LogP contribution in [0.3, 0.4) is 0 Å². The van der Waals surface area contributed by atoms with Crippen LogP contribution in [-0.2, 0) is 9.84 Å². The molecule has 0 amide bonds. The highest BCUT2D eigenvalue weighted by Crippen LogP contribution is 2.26. The van der Waals surface area contributed by atoms with E-state index in [1.165, 1.54) is 18.2 Å². The molecule has 0 saturated carbocycles. The second-order valence-corrected chi connectivity index (χ2v) is 8.21. The van der Waals surface area contributed by atoms with Crippen molar-refractivity contribution in [2.75, 3.05) is 6.26 Å². The van der Waals surface area contributed by atoms with Gasteiger partial charge in [-0.25, -0.2) is 12.8 Å². The van der Waals surface area contributed by atoms with Crippen LogP contribution >= 0.6 is 11.6 Å². The van der Waals surface area contributed by atoms with E-state index in [1.807, 2.05) is 0 Å². The van der Waals surface area contributed by atoms with Crippen molar-refractivity contribution in [3.05, 3.63) is 70.8 Å². The van der Waals surface area contributed by atoms with Crippen LogP contribution in [-0.4, -0.2) is 19.7 Å². The minimum atomic E-state index is -3.29. The van der Waals surface area contributed by atoms with E-state index in [-0.39, 0.29) is 4.90 Å². The summed E-state index contributed by atoms with van der Waals surface area (Å²) in [5.74, 6) is -0.437. The van der Waals surface area contributed by atoms with E-state index in [2.05, 4.69) is 16.9 Å². The highest BCUT2D eigenvalue weighted by molar-refractivity contribution is 7.90. The van der Waals surface area contributed by atoms with E-state index < -0.39 is 15.7 Å². The number of hydrogen-bond acceptors (Lipinski definition) is 4. The number of hydrogen-bond donors (Lipinski definition) is 1. The van der Waals surface area contributed by atoms with Crippen LogP contribution in [0.5, 0.6) is 0 Å². The molecular formula is C18H18ClFN2O2S. The zero-order valence-corrected chi connectivity index (χ0v) is 15.7. The second kappa shape index (κ2) is 7.37. The van der Waals surface area contributed by atoms with Crippen LogP contribution < -0.4 is 5.32 Å². The summed E-state index contributed by atoms with van der Waals surface area (Å²) in [4.78, 5) is 4.21. The first-order chi connectivity index (χ1) is 11.6. The Labute approximate surface area is 152 Å². The van der Waals surface area contributed by atoms with Crippen molar-refractivity contribution < 1.29 is 12.8 Å². The van der Waals surface area contributed by atoms with Crippen LogP contribution in [0.25, 0.3) is 11.4 Å². The molecule has 1 heterocycles. The summed E-state index contributed by atoms with van der Waals surface area (Å²) in [6, 6.07) is 7.60. The molecule has 0 unspecified atom stereocenters. The first-order valence-electron chi connectivity index (χ1n) is 7.35. The fraction of sp³-hybridized carbons (Fsp3) is 0.167. The Morgan fingerprint density at radius 3 is 2.44 bits per heavy atom. The molecule has 0 radical (unpaired) electrons. The minimum Gasteiger partial charge on any atom is -0.353 e. The molecule has 0 bridgehead atoms. The molecular weight excluding hydrogens is 363 g/mol. The Morgan fingerprint density at radius 2 is 1.96 bits per heavy atom. The summed E-state index contributed by atoms with van der Waals surface area (Å²) in [5, 5.41) is 3.56. The number of rotatable bonds is 5. The highest BCUT2D eigenvalue weighted by atomic mass is 35.5. The number of benzene rings is 1. The third kappa shape index (κ3) is 4.67. The number of allylic oxidation sites excluding steroid dienone is 1. The predicted octanol–water partition coefficient (Wildman–Crippen LogP) is 4.12. The van der Waals surface area contributed by atoms with Crippen molar-refractivity contribution in [3.63, 3.8) is 0 Å². The Morgan fingerprint density at radius 1 is 1.28 bits per heavy atom. The maximum atomic E-state index is 13.0. The van der Waals surface area contributed by atoms with Crippen molar-refractivity contribution in [2.24, 2.45) is 0 Å². The average Bonchev–Trinajstić information content (AvgIpc) is 2.52. The molecule has 0 atom stereocenters. The van der Waals surface area contributed by atoms with E-state index in [1.54, 1.807) is 26.0 Å². The number of halogens is 2. The van der Waals surface area contributed by atoms with Gasteiger partial charge >= 0.3 is 0 Å². The fourth-order valence-corrected chi connectivity index (χ4v) is 3.11. The molecule has 0 fully saturated rings. The molecule has 25 heavy (non-hydrogen) atoms. The number of pyridine rings is 1. The Balaban J connectivity index is 2.38. The molecule has 0 aliphatic rings. The lowest BCUT2D eigenvalue weighted by atomic mass is 10.0. The molecule has 4 nitrogen and oxygen atoms in total. The molecule has 1 aromatic heterocycles. The van der Waals surface area contributed by atoms with Crippen molar-refractivity contribution >= 4 is 32.8 Å². The molecule has 0 aliphatic carbocycles. The van der Waals surface area contributed by atoms with Gasteiger partial charge in [-0.2, -0.15) is 0 Å². The van der Waals surface area contributed by atoms with Gasteiger partial charge in [0.2, 0.25) is 0 Å². The van der Waals surface area contributed by atoms with Gasteiger partial charge in [-0.05, 0) is 43.7 Å². The predicted molar refractivity (Wildman–Crippen MR) is 99.1 cm³/mol. The topological polar surface area (TPSA) is 59.1 Å². The van der Waals surface area contributed by atoms with Gasteiger partial charge in [-0.3, -0.25) is 4.98 Å². The van der Waals surface area contributed by atoms with Gasteiger partial charge in [0.15, 0.2) is 9.84 Å². The largest absolute Gasteiger partial charge is 0.353 e. The lowest BCUT2D eigenvalue weighted by Gasteiger charge is -2.17. The van der Waals surface area contributed by atoms with Crippen molar-refractivity contribution in [3.8, 4) is 0 Å². The first kappa shape index (κ1) is 19.1. The molecule has 7 heteroatoms. The summed E-state index contributed by atoms with van der Waals surface area (Å²) in [5.41, 5.74) is 2.98. The van der Waals surface area contributed by atoms with Crippen LogP contribution in [0, 0.1) is 12.7 Å². The zero-order valence-electron chi connectivity index (χ0n) is 14.1. The summed E-state index contributed by atoms with van der Waals surface area (Å²) >= 11 is 6.21. The van der Waals surface area contributed by atoms with Gasteiger partial charge in [-0.1, -0.05) is 24.2 Å². The quantitative estimate of drug-likeness (QED) is 0.847. The Bertz CT molecular complexity index is 948. The lowest BCUT2D eigenvalue weighted by Crippen LogP contribution is -2.13. The van der Waals surface area contributed by atoms with Crippen molar-refractivity contribution in [2.45, 2.75) is 18.7 Å². The molecule has 1 N–H and O–H groups in total. The number of nitrogens with one attached hydrogen (secondary N) is 1. The zero-order chi connectivity index (χ0) is 18.8. The van der Waals surface area contributed by atoms with Gasteiger partial charge in [0.05, 0.1) is 28.2 Å². The van der Waals surface area contributed by atoms with E-state index in [4.69, 9.17) is 11.6 Å². The molecule has 2 aromatic rings. The summed E-state index contributed by atoms with van der Waals surface area (Å²) in [7, 11) is -3.29. The molecule has 0 spiro atoms. The van der Waals surface area contributed by atoms with Crippen molar-refractivity contribution in [1.82, 2.24) is 10.3 Å². The lowest BCUT2D eigenvalue weighted by molar-refractivity contribution is 0.601. The molecule has 132 valence electrons. The Hall–Kier alpha value is -2.18. The van der Waals surface area contributed by atoms with Crippen LogP contribution in [0.4, 0.5) is 4.39 Å². The molecule has 2 rings (SSSR count). The van der Waals surface area contributed by atoms with E-state index in [9.17, 15) is 12.8 Å². The first-order valence-corrected chi connectivity index (χ1v) is 9.62. The SMILES string of the molecule is C=C(N/C(=C(\C)Cl)c1ccc(S(C)(=O)=O)cc1C)c1ccc(F)cn1. The smallest absolute Gasteiger partial charge is 0.175 e. The molecule has 0 saturated heterocycles. The van der Waals surface area contributed by atoms with Gasteiger partial charge in [-0.15, -0.1) is 0 Å². The minimum absolute atomic E-state index is 0.236. The van der Waals surface area contributed by atoms with Crippen molar-refractivity contribution in [1.29, 1.82) is 0 Å². The maximum Gasteiger partial charge on any atom is 0.175 e. The normalized spacial score (nSPS) is 12.5. The number of aryl methyl sites for hydroxylation is 1. The third-order valence-electron chi connectivity index (χ3n) is 3.55. The molecule has 1 aromatic carbocycles. The third-order valence-corrected chi connectivity index (χ3v) is 4.85. The summed E-state index contributed by atoms with van der Waals surface area (Å²) in [6.07, 6.45) is 2.26. The standard InChI is InChI=1S/C18H18ClFN2O2S/c1-11-9-15(25(4,23)24)6-7-16(11)18(12(2)19)22-13(3)17-8-5-14(20)10-21-17/h5-10,22H,3H2,1-2,4H3/b18-12+. The van der Waals surface area contributed by atoms with E-state index in [0.717, 1.165) is 23.6 Å². The van der Waals surface area contributed by atoms with E-state index >= 15 is 0 Å². The summed E-state index contributed by atoms with van der Waals surface area (Å²) in [6.45, 7) is 7.41. The Kier molecular flexibility index (Phi) is 5.65. The number of aromatic nitrogens is 1. The molecule has 0 aliphatic heterocycles. The fourth-order valence-electron chi connectivity index (χ4n) is 2.26. The van der Waals surface area contributed by atoms with Gasteiger partial charge in [0.25, 0.3) is 0 Å². The maximum absolute atomic E-state index is 13.0. The van der Waals surface area contributed by atoms with E-state index in [0.29, 0.717) is 22.1 Å². The van der Waals surface area contributed by atoms with Gasteiger partial charge in [0, 0.05) is 16.9 Å². The van der Waals surface area contributed by atoms with Gasteiger partial charge < -0.3 is 5.32 Å². The average molecular weight is 381 g/mol. The van der Waals surface area contributed by atoms with Crippen LogP contribution in [0.15, 0.2) is 53.0 Å². The number of sulfone groups is 1. The van der Waals surface area contributed by atoms with Crippen LogP contribution in [0.2, 0.25) is 0 Å². The second-order valence-electron chi connectivity index (χ2n) is 5.62. The van der Waals surface area contributed by atoms with Gasteiger partial charge in [0.1, 0.15) is 5.82 Å².